The molecule has 0 spiro atoms. The number of benzene rings is 1. The molecule has 0 aliphatic carbocycles. The Kier molecular flexibility index (Phi) is 6.32. The van der Waals surface area contributed by atoms with Crippen molar-refractivity contribution in [2.75, 3.05) is 6.54 Å². The van der Waals surface area contributed by atoms with Crippen LogP contribution in [0.15, 0.2) is 29.2 Å². The van der Waals surface area contributed by atoms with Crippen molar-refractivity contribution >= 4 is 15.9 Å². The Morgan fingerprint density at radius 3 is 2.29 bits per heavy atom. The Labute approximate surface area is 126 Å². The Balaban J connectivity index is 2.59. The second-order valence-corrected chi connectivity index (χ2v) is 6.84. The van der Waals surface area contributed by atoms with Crippen LogP contribution in [0.1, 0.15) is 38.3 Å². The fourth-order valence-electron chi connectivity index (χ4n) is 1.84. The standard InChI is InChI=1S/C14H23N3O3S/c1-10(9-15)3-8-14(18)17-11(2)12-4-6-13(7-5-12)21(16,19)20/h4-7,10-11H,3,8-9,15H2,1-2H3,(H,17,18)(H2,16,19,20). The lowest BCUT2D eigenvalue weighted by Gasteiger charge is -2.15. The maximum absolute atomic E-state index is 11.8. The number of nitrogens with two attached hydrogens (primary N) is 2. The van der Waals surface area contributed by atoms with Crippen LogP contribution in [0.5, 0.6) is 0 Å². The van der Waals surface area contributed by atoms with Crippen molar-refractivity contribution in [3.05, 3.63) is 29.8 Å². The highest BCUT2D eigenvalue weighted by Gasteiger charge is 2.12. The van der Waals surface area contributed by atoms with Gasteiger partial charge in [0.2, 0.25) is 15.9 Å². The van der Waals surface area contributed by atoms with Gasteiger partial charge in [-0.2, -0.15) is 0 Å². The molecule has 21 heavy (non-hydrogen) atoms. The van der Waals surface area contributed by atoms with Crippen LogP contribution in [0, 0.1) is 5.92 Å². The predicted octanol–water partition coefficient (Wildman–Crippen LogP) is 0.886. The largest absolute Gasteiger partial charge is 0.350 e. The van der Waals surface area contributed by atoms with Crippen molar-refractivity contribution in [3.63, 3.8) is 0 Å². The van der Waals surface area contributed by atoms with Crippen molar-refractivity contribution in [1.29, 1.82) is 0 Å². The molecule has 0 bridgehead atoms. The molecule has 1 aromatic carbocycles. The number of hydrogen-bond acceptors (Lipinski definition) is 4. The van der Waals surface area contributed by atoms with Gasteiger partial charge in [0.05, 0.1) is 10.9 Å². The molecule has 2 unspecified atom stereocenters. The fraction of sp³-hybridized carbons (Fsp3) is 0.500. The summed E-state index contributed by atoms with van der Waals surface area (Å²) in [5.41, 5.74) is 6.33. The minimum Gasteiger partial charge on any atom is -0.350 e. The van der Waals surface area contributed by atoms with Crippen LogP contribution in [-0.2, 0) is 14.8 Å². The summed E-state index contributed by atoms with van der Waals surface area (Å²) in [5, 5.41) is 7.91. The maximum atomic E-state index is 11.8. The summed E-state index contributed by atoms with van der Waals surface area (Å²) < 4.78 is 22.3. The molecule has 0 heterocycles. The first kappa shape index (κ1) is 17.6. The monoisotopic (exact) mass is 313 g/mol. The number of amides is 1. The molecular weight excluding hydrogens is 290 g/mol. The second kappa shape index (κ2) is 7.53. The van der Waals surface area contributed by atoms with Crippen LogP contribution in [0.3, 0.4) is 0 Å². The van der Waals surface area contributed by atoms with Crippen molar-refractivity contribution in [2.45, 2.75) is 37.6 Å². The molecule has 0 aliphatic heterocycles. The van der Waals surface area contributed by atoms with E-state index in [-0.39, 0.29) is 16.8 Å². The SMILES string of the molecule is CC(CN)CCC(=O)NC(C)c1ccc(S(N)(=O)=O)cc1. The number of primary sulfonamides is 1. The lowest BCUT2D eigenvalue weighted by atomic mass is 10.0. The Morgan fingerprint density at radius 1 is 1.24 bits per heavy atom. The average molecular weight is 313 g/mol. The number of rotatable bonds is 7. The average Bonchev–Trinajstić information content (AvgIpc) is 2.43. The van der Waals surface area contributed by atoms with E-state index in [1.54, 1.807) is 12.1 Å². The van der Waals surface area contributed by atoms with Gasteiger partial charge in [-0.05, 0) is 43.5 Å². The molecule has 7 heteroatoms. The van der Waals surface area contributed by atoms with Crippen LogP contribution in [0.2, 0.25) is 0 Å². The molecule has 0 aliphatic rings. The number of nitrogens with one attached hydrogen (secondary N) is 1. The van der Waals surface area contributed by atoms with Crippen molar-refractivity contribution in [2.24, 2.45) is 16.8 Å². The first-order valence-electron chi connectivity index (χ1n) is 6.86. The highest BCUT2D eigenvalue weighted by Crippen LogP contribution is 2.16. The summed E-state index contributed by atoms with van der Waals surface area (Å²) in [6, 6.07) is 5.97. The van der Waals surface area contributed by atoms with Gasteiger partial charge < -0.3 is 11.1 Å². The van der Waals surface area contributed by atoms with Gasteiger partial charge in [-0.3, -0.25) is 4.79 Å². The molecule has 1 aromatic rings. The van der Waals surface area contributed by atoms with Crippen LogP contribution in [0.4, 0.5) is 0 Å². The Bertz CT molecular complexity index is 570. The number of carbonyl (C=O) groups is 1. The quantitative estimate of drug-likeness (QED) is 0.693. The Morgan fingerprint density at radius 2 is 1.81 bits per heavy atom. The van der Waals surface area contributed by atoms with E-state index in [9.17, 15) is 13.2 Å². The maximum Gasteiger partial charge on any atom is 0.238 e. The number of carbonyl (C=O) groups excluding carboxylic acids is 1. The number of hydrogen-bond donors (Lipinski definition) is 3. The molecule has 0 aromatic heterocycles. The van der Waals surface area contributed by atoms with Gasteiger partial charge in [-0.25, -0.2) is 13.6 Å². The fourth-order valence-corrected chi connectivity index (χ4v) is 2.35. The van der Waals surface area contributed by atoms with Crippen molar-refractivity contribution in [1.82, 2.24) is 5.32 Å². The van der Waals surface area contributed by atoms with Gasteiger partial charge in [0.25, 0.3) is 0 Å². The minimum absolute atomic E-state index is 0.0432. The first-order chi connectivity index (χ1) is 9.74. The van der Waals surface area contributed by atoms with Gasteiger partial charge in [-0.1, -0.05) is 19.1 Å². The zero-order valence-corrected chi connectivity index (χ0v) is 13.2. The van der Waals surface area contributed by atoms with E-state index in [1.807, 2.05) is 13.8 Å². The van der Waals surface area contributed by atoms with Crippen LogP contribution >= 0.6 is 0 Å². The molecule has 1 rings (SSSR count). The van der Waals surface area contributed by atoms with E-state index in [4.69, 9.17) is 10.9 Å². The van der Waals surface area contributed by atoms with Gasteiger partial charge >= 0.3 is 0 Å². The van der Waals surface area contributed by atoms with Gasteiger partial charge in [-0.15, -0.1) is 0 Å². The molecule has 0 fully saturated rings. The van der Waals surface area contributed by atoms with E-state index in [2.05, 4.69) is 5.32 Å². The van der Waals surface area contributed by atoms with E-state index < -0.39 is 10.0 Å². The molecule has 0 radical (unpaired) electrons. The Hall–Kier alpha value is -1.44. The predicted molar refractivity (Wildman–Crippen MR) is 81.8 cm³/mol. The summed E-state index contributed by atoms with van der Waals surface area (Å²) >= 11 is 0. The highest BCUT2D eigenvalue weighted by atomic mass is 32.2. The van der Waals surface area contributed by atoms with Crippen molar-refractivity contribution in [3.8, 4) is 0 Å². The second-order valence-electron chi connectivity index (χ2n) is 5.28. The highest BCUT2D eigenvalue weighted by molar-refractivity contribution is 7.89. The third-order valence-corrected chi connectivity index (χ3v) is 4.28. The normalized spacial score (nSPS) is 14.5. The zero-order chi connectivity index (χ0) is 16.0. The lowest BCUT2D eigenvalue weighted by molar-refractivity contribution is -0.122. The summed E-state index contributed by atoms with van der Waals surface area (Å²) in [6.45, 7) is 4.41. The van der Waals surface area contributed by atoms with Gasteiger partial charge in [0, 0.05) is 6.42 Å². The molecule has 0 saturated carbocycles. The third-order valence-electron chi connectivity index (χ3n) is 3.35. The molecular formula is C14H23N3O3S. The molecule has 6 nitrogen and oxygen atoms in total. The molecule has 5 N–H and O–H groups in total. The van der Waals surface area contributed by atoms with E-state index in [0.29, 0.717) is 18.9 Å². The summed E-state index contributed by atoms with van der Waals surface area (Å²) in [4.78, 5) is 11.9. The van der Waals surface area contributed by atoms with Crippen LogP contribution in [-0.4, -0.2) is 20.9 Å². The molecule has 0 saturated heterocycles. The zero-order valence-electron chi connectivity index (χ0n) is 12.4. The minimum atomic E-state index is -3.69. The van der Waals surface area contributed by atoms with E-state index in [1.165, 1.54) is 12.1 Å². The summed E-state index contributed by atoms with van der Waals surface area (Å²) in [7, 11) is -3.69. The van der Waals surface area contributed by atoms with Gasteiger partial charge in [0.1, 0.15) is 0 Å². The first-order valence-corrected chi connectivity index (χ1v) is 8.41. The lowest BCUT2D eigenvalue weighted by Crippen LogP contribution is -2.27. The van der Waals surface area contributed by atoms with E-state index in [0.717, 1.165) is 12.0 Å². The molecule has 1 amide bonds. The summed E-state index contributed by atoms with van der Waals surface area (Å²) in [6.07, 6.45) is 1.18. The van der Waals surface area contributed by atoms with Crippen LogP contribution in [0.25, 0.3) is 0 Å². The number of sulfonamides is 1. The smallest absolute Gasteiger partial charge is 0.238 e. The van der Waals surface area contributed by atoms with Crippen molar-refractivity contribution < 1.29 is 13.2 Å². The van der Waals surface area contributed by atoms with Crippen LogP contribution < -0.4 is 16.2 Å². The van der Waals surface area contributed by atoms with E-state index >= 15 is 0 Å². The molecule has 118 valence electrons. The summed E-state index contributed by atoms with van der Waals surface area (Å²) in [5.74, 6) is 0.276. The van der Waals surface area contributed by atoms with Gasteiger partial charge in [0.15, 0.2) is 0 Å². The third kappa shape index (κ3) is 5.82. The molecule has 2 atom stereocenters. The topological polar surface area (TPSA) is 115 Å².